The molecule has 1 N–H and O–H groups in total. The maximum Gasteiger partial charge on any atom is 0.0644 e. The van der Waals surface area contributed by atoms with Crippen molar-refractivity contribution in [3.8, 4) is 0 Å². The van der Waals surface area contributed by atoms with Crippen LogP contribution in [-0.4, -0.2) is 25.8 Å². The fourth-order valence-corrected chi connectivity index (χ4v) is 3.42. The van der Waals surface area contributed by atoms with Gasteiger partial charge in [-0.2, -0.15) is 0 Å². The van der Waals surface area contributed by atoms with Crippen LogP contribution in [0, 0.1) is 17.8 Å². The number of hydrogen-bond donors (Lipinski definition) is 1. The molecule has 0 amide bonds. The number of ether oxygens (including phenoxy) is 1. The van der Waals surface area contributed by atoms with E-state index in [1.165, 1.54) is 45.1 Å². The van der Waals surface area contributed by atoms with Gasteiger partial charge in [-0.1, -0.05) is 33.1 Å². The Bertz CT molecular complexity index is 211. The average Bonchev–Trinajstić information content (AvgIpc) is 2.78. The van der Waals surface area contributed by atoms with Crippen LogP contribution in [0.3, 0.4) is 0 Å². The second-order valence-electron chi connectivity index (χ2n) is 6.33. The molecule has 2 fully saturated rings. The number of rotatable bonds is 5. The van der Waals surface area contributed by atoms with Crippen LogP contribution >= 0.6 is 0 Å². The van der Waals surface area contributed by atoms with Gasteiger partial charge in [-0.3, -0.25) is 0 Å². The van der Waals surface area contributed by atoms with E-state index in [0.717, 1.165) is 30.9 Å². The molecule has 2 aliphatic rings. The van der Waals surface area contributed by atoms with Crippen molar-refractivity contribution in [3.63, 3.8) is 0 Å². The van der Waals surface area contributed by atoms with E-state index >= 15 is 0 Å². The minimum atomic E-state index is 0.565. The van der Waals surface area contributed by atoms with Crippen molar-refractivity contribution >= 4 is 0 Å². The van der Waals surface area contributed by atoms with Gasteiger partial charge in [-0.15, -0.1) is 0 Å². The Morgan fingerprint density at radius 3 is 2.59 bits per heavy atom. The summed E-state index contributed by atoms with van der Waals surface area (Å²) in [4.78, 5) is 0. The van der Waals surface area contributed by atoms with Crippen molar-refractivity contribution in [2.45, 2.75) is 58.5 Å². The zero-order valence-electron chi connectivity index (χ0n) is 11.6. The van der Waals surface area contributed by atoms with Gasteiger partial charge in [0.1, 0.15) is 0 Å². The quantitative estimate of drug-likeness (QED) is 0.795. The van der Waals surface area contributed by atoms with Crippen LogP contribution in [0.25, 0.3) is 0 Å². The van der Waals surface area contributed by atoms with Crippen LogP contribution in [-0.2, 0) is 4.74 Å². The van der Waals surface area contributed by atoms with E-state index in [2.05, 4.69) is 19.2 Å². The summed E-state index contributed by atoms with van der Waals surface area (Å²) in [5.74, 6) is 2.39. The van der Waals surface area contributed by atoms with Crippen LogP contribution in [0.4, 0.5) is 0 Å². The Labute approximate surface area is 107 Å². The molecule has 2 rings (SSSR count). The van der Waals surface area contributed by atoms with Gasteiger partial charge in [-0.05, 0) is 37.6 Å². The summed E-state index contributed by atoms with van der Waals surface area (Å²) in [5.41, 5.74) is 0. The molecule has 17 heavy (non-hydrogen) atoms. The molecule has 0 radical (unpaired) electrons. The third kappa shape index (κ3) is 3.96. The second-order valence-corrected chi connectivity index (χ2v) is 6.33. The van der Waals surface area contributed by atoms with Crippen LogP contribution in [0.5, 0.6) is 0 Å². The van der Waals surface area contributed by atoms with Gasteiger partial charge in [0.05, 0.1) is 6.10 Å². The van der Waals surface area contributed by atoms with Crippen molar-refractivity contribution in [2.75, 3.05) is 19.7 Å². The highest BCUT2D eigenvalue weighted by Crippen LogP contribution is 2.35. The van der Waals surface area contributed by atoms with Crippen molar-refractivity contribution < 1.29 is 4.74 Å². The molecule has 0 spiro atoms. The Morgan fingerprint density at radius 1 is 1.12 bits per heavy atom. The fourth-order valence-electron chi connectivity index (χ4n) is 3.42. The molecule has 1 aliphatic carbocycles. The Hall–Kier alpha value is -0.0800. The third-order valence-electron chi connectivity index (χ3n) is 4.34. The molecule has 0 bridgehead atoms. The first-order chi connectivity index (χ1) is 8.27. The molecular formula is C15H29NO. The summed E-state index contributed by atoms with van der Waals surface area (Å²) in [6, 6.07) is 0. The van der Waals surface area contributed by atoms with Crippen molar-refractivity contribution in [1.29, 1.82) is 0 Å². The van der Waals surface area contributed by atoms with E-state index in [1.807, 2.05) is 0 Å². The highest BCUT2D eigenvalue weighted by Gasteiger charge is 2.34. The van der Waals surface area contributed by atoms with E-state index in [0.29, 0.717) is 6.10 Å². The van der Waals surface area contributed by atoms with Gasteiger partial charge in [0, 0.05) is 19.1 Å². The molecule has 2 atom stereocenters. The first kappa shape index (κ1) is 13.4. The molecule has 0 aromatic rings. The lowest BCUT2D eigenvalue weighted by Crippen LogP contribution is -2.35. The summed E-state index contributed by atoms with van der Waals surface area (Å²) in [5, 5.41) is 3.62. The largest absolute Gasteiger partial charge is 0.378 e. The molecule has 1 saturated heterocycles. The predicted octanol–water partition coefficient (Wildman–Crippen LogP) is 3.22. The minimum Gasteiger partial charge on any atom is -0.378 e. The summed E-state index contributed by atoms with van der Waals surface area (Å²) in [7, 11) is 0. The highest BCUT2D eigenvalue weighted by atomic mass is 16.5. The van der Waals surface area contributed by atoms with E-state index < -0.39 is 0 Å². The number of nitrogens with one attached hydrogen (secondary N) is 1. The van der Waals surface area contributed by atoms with Crippen LogP contribution in [0.1, 0.15) is 52.4 Å². The summed E-state index contributed by atoms with van der Waals surface area (Å²) in [6.07, 6.45) is 8.95. The van der Waals surface area contributed by atoms with E-state index in [-0.39, 0.29) is 0 Å². The lowest BCUT2D eigenvalue weighted by atomic mass is 9.80. The molecule has 0 aromatic carbocycles. The maximum atomic E-state index is 6.02. The maximum absolute atomic E-state index is 6.02. The average molecular weight is 239 g/mol. The Morgan fingerprint density at radius 2 is 1.88 bits per heavy atom. The third-order valence-corrected chi connectivity index (χ3v) is 4.34. The predicted molar refractivity (Wildman–Crippen MR) is 72.1 cm³/mol. The fraction of sp³-hybridized carbons (Fsp3) is 1.00. The Kier molecular flexibility index (Phi) is 5.30. The lowest BCUT2D eigenvalue weighted by Gasteiger charge is -2.31. The number of hydrogen-bond acceptors (Lipinski definition) is 2. The topological polar surface area (TPSA) is 21.3 Å². The molecule has 1 heterocycles. The summed E-state index contributed by atoms with van der Waals surface area (Å²) in [6.45, 7) is 7.86. The van der Waals surface area contributed by atoms with Crippen LogP contribution in [0.2, 0.25) is 0 Å². The van der Waals surface area contributed by atoms with Gasteiger partial charge in [0.2, 0.25) is 0 Å². The summed E-state index contributed by atoms with van der Waals surface area (Å²) >= 11 is 0. The molecule has 2 heteroatoms. The molecule has 100 valence electrons. The van der Waals surface area contributed by atoms with Gasteiger partial charge in [-0.25, -0.2) is 0 Å². The normalized spacial score (nSPS) is 31.2. The van der Waals surface area contributed by atoms with Gasteiger partial charge in [0.15, 0.2) is 0 Å². The van der Waals surface area contributed by atoms with E-state index in [1.54, 1.807) is 0 Å². The highest BCUT2D eigenvalue weighted by molar-refractivity contribution is 4.85. The Balaban J connectivity index is 1.75. The van der Waals surface area contributed by atoms with Crippen LogP contribution in [0.15, 0.2) is 0 Å². The standard InChI is InChI=1S/C15H29NO/c1-12(2)10-16-11-14-8-9-17-15(14)13-6-4-3-5-7-13/h12-16H,3-11H2,1-2H3. The molecule has 2 unspecified atom stereocenters. The smallest absolute Gasteiger partial charge is 0.0644 e. The second kappa shape index (κ2) is 6.75. The minimum absolute atomic E-state index is 0.565. The first-order valence-corrected chi connectivity index (χ1v) is 7.59. The van der Waals surface area contributed by atoms with E-state index in [4.69, 9.17) is 4.74 Å². The molecule has 1 saturated carbocycles. The van der Waals surface area contributed by atoms with Crippen molar-refractivity contribution in [2.24, 2.45) is 17.8 Å². The van der Waals surface area contributed by atoms with E-state index in [9.17, 15) is 0 Å². The molecule has 1 aliphatic heterocycles. The van der Waals surface area contributed by atoms with Gasteiger partial charge in [0.25, 0.3) is 0 Å². The summed E-state index contributed by atoms with van der Waals surface area (Å²) < 4.78 is 6.02. The molecular weight excluding hydrogens is 210 g/mol. The molecule has 2 nitrogen and oxygen atoms in total. The van der Waals surface area contributed by atoms with Crippen molar-refractivity contribution in [3.05, 3.63) is 0 Å². The first-order valence-electron chi connectivity index (χ1n) is 7.59. The zero-order valence-corrected chi connectivity index (χ0v) is 11.6. The van der Waals surface area contributed by atoms with Gasteiger partial charge < -0.3 is 10.1 Å². The van der Waals surface area contributed by atoms with Crippen molar-refractivity contribution in [1.82, 2.24) is 5.32 Å². The monoisotopic (exact) mass is 239 g/mol. The SMILES string of the molecule is CC(C)CNCC1CCOC1C1CCCCC1. The van der Waals surface area contributed by atoms with Crippen LogP contribution < -0.4 is 5.32 Å². The van der Waals surface area contributed by atoms with Gasteiger partial charge >= 0.3 is 0 Å². The zero-order chi connectivity index (χ0) is 12.1. The lowest BCUT2D eigenvalue weighted by molar-refractivity contribution is 0.0268. The molecule has 0 aromatic heterocycles.